The lowest BCUT2D eigenvalue weighted by Gasteiger charge is -2.23. The van der Waals surface area contributed by atoms with Gasteiger partial charge in [-0.2, -0.15) is 0 Å². The third-order valence-corrected chi connectivity index (χ3v) is 3.88. The zero-order valence-corrected chi connectivity index (χ0v) is 12.1. The fourth-order valence-electron chi connectivity index (χ4n) is 1.82. The van der Waals surface area contributed by atoms with E-state index in [1.807, 2.05) is 13.8 Å². The molecular weight excluding hydrogens is 255 g/mol. The van der Waals surface area contributed by atoms with E-state index in [2.05, 4.69) is 0 Å². The highest BCUT2D eigenvalue weighted by molar-refractivity contribution is 7.90. The van der Waals surface area contributed by atoms with Crippen LogP contribution in [0.25, 0.3) is 0 Å². The van der Waals surface area contributed by atoms with Crippen molar-refractivity contribution in [1.82, 2.24) is 0 Å². The van der Waals surface area contributed by atoms with Crippen LogP contribution in [0, 0.1) is 5.82 Å². The van der Waals surface area contributed by atoms with E-state index in [9.17, 15) is 17.9 Å². The maximum atomic E-state index is 14.1. The average molecular weight is 274 g/mol. The molecule has 0 bridgehead atoms. The number of hydrogen-bond donors (Lipinski definition) is 1. The van der Waals surface area contributed by atoms with Gasteiger partial charge in [0.05, 0.1) is 10.5 Å². The number of halogens is 1. The minimum absolute atomic E-state index is 0.0101. The summed E-state index contributed by atoms with van der Waals surface area (Å²) in [5.41, 5.74) is -1.12. The predicted molar refractivity (Wildman–Crippen MR) is 68.8 cm³/mol. The van der Waals surface area contributed by atoms with Crippen molar-refractivity contribution in [1.29, 1.82) is 0 Å². The van der Waals surface area contributed by atoms with Crippen LogP contribution in [0.4, 0.5) is 4.39 Å². The number of benzene rings is 1. The normalized spacial score (nSPS) is 13.1. The van der Waals surface area contributed by atoms with Crippen molar-refractivity contribution in [2.24, 2.45) is 0 Å². The van der Waals surface area contributed by atoms with Gasteiger partial charge in [0.15, 0.2) is 9.84 Å². The van der Waals surface area contributed by atoms with E-state index in [-0.39, 0.29) is 16.4 Å². The number of rotatable bonds is 3. The maximum absolute atomic E-state index is 14.1. The van der Waals surface area contributed by atoms with Crippen LogP contribution in [-0.2, 0) is 15.4 Å². The van der Waals surface area contributed by atoms with Gasteiger partial charge in [0.2, 0.25) is 0 Å². The third-order valence-electron chi connectivity index (χ3n) is 2.75. The van der Waals surface area contributed by atoms with Crippen LogP contribution >= 0.6 is 0 Å². The molecule has 1 aromatic rings. The zero-order valence-electron chi connectivity index (χ0n) is 11.3. The molecule has 0 unspecified atom stereocenters. The summed E-state index contributed by atoms with van der Waals surface area (Å²) in [4.78, 5) is -0.140. The molecule has 0 saturated heterocycles. The van der Waals surface area contributed by atoms with E-state index >= 15 is 0 Å². The number of hydrogen-bond acceptors (Lipinski definition) is 3. The Kier molecular flexibility index (Phi) is 3.89. The van der Waals surface area contributed by atoms with Gasteiger partial charge in [-0.25, -0.2) is 12.8 Å². The van der Waals surface area contributed by atoms with Crippen LogP contribution in [0.5, 0.6) is 0 Å². The Morgan fingerprint density at radius 1 is 1.28 bits per heavy atom. The summed E-state index contributed by atoms with van der Waals surface area (Å²) in [7, 11) is -3.60. The zero-order chi connectivity index (χ0) is 14.3. The highest BCUT2D eigenvalue weighted by Crippen LogP contribution is 2.32. The molecule has 0 atom stereocenters. The van der Waals surface area contributed by atoms with Crippen molar-refractivity contribution in [3.8, 4) is 0 Å². The third kappa shape index (κ3) is 3.09. The molecule has 0 heterocycles. The van der Waals surface area contributed by atoms with Crippen LogP contribution in [0.3, 0.4) is 0 Å². The molecule has 0 aromatic heterocycles. The average Bonchev–Trinajstić information content (AvgIpc) is 2.12. The molecule has 1 aromatic carbocycles. The molecule has 1 N–H and O–H groups in total. The summed E-state index contributed by atoms with van der Waals surface area (Å²) in [5.74, 6) is -0.676. The first-order valence-corrected chi connectivity index (χ1v) is 7.60. The van der Waals surface area contributed by atoms with Gasteiger partial charge >= 0.3 is 0 Å². The fraction of sp³-hybridized carbons (Fsp3) is 0.538. The van der Waals surface area contributed by atoms with Crippen molar-refractivity contribution in [3.63, 3.8) is 0 Å². The maximum Gasteiger partial charge on any atom is 0.176 e. The van der Waals surface area contributed by atoms with Crippen molar-refractivity contribution in [2.75, 3.05) is 6.26 Å². The van der Waals surface area contributed by atoms with Crippen LogP contribution < -0.4 is 0 Å². The van der Waals surface area contributed by atoms with E-state index in [4.69, 9.17) is 0 Å². The lowest BCUT2D eigenvalue weighted by atomic mass is 9.93. The Hall–Kier alpha value is -0.940. The summed E-state index contributed by atoms with van der Waals surface area (Å²) in [6.45, 7) is 6.44. The summed E-state index contributed by atoms with van der Waals surface area (Å²) < 4.78 is 37.6. The monoisotopic (exact) mass is 274 g/mol. The van der Waals surface area contributed by atoms with Gasteiger partial charge in [-0.3, -0.25) is 0 Å². The lowest BCUT2D eigenvalue weighted by Crippen LogP contribution is -2.22. The van der Waals surface area contributed by atoms with Gasteiger partial charge in [-0.05, 0) is 37.5 Å². The van der Waals surface area contributed by atoms with E-state index in [1.165, 1.54) is 26.0 Å². The van der Waals surface area contributed by atoms with E-state index in [0.717, 1.165) is 6.26 Å². The Morgan fingerprint density at radius 2 is 1.78 bits per heavy atom. The highest BCUT2D eigenvalue weighted by atomic mass is 32.2. The first-order chi connectivity index (χ1) is 7.94. The SMILES string of the molecule is CC(C)c1cc(F)c(C(C)(C)O)c(S(C)(=O)=O)c1. The molecule has 0 fully saturated rings. The van der Waals surface area contributed by atoms with Gasteiger partial charge in [-0.1, -0.05) is 13.8 Å². The molecule has 5 heteroatoms. The minimum Gasteiger partial charge on any atom is -0.386 e. The number of aliphatic hydroxyl groups is 1. The highest BCUT2D eigenvalue weighted by Gasteiger charge is 2.29. The second kappa shape index (κ2) is 4.63. The summed E-state index contributed by atoms with van der Waals surface area (Å²) in [6, 6.07) is 2.73. The van der Waals surface area contributed by atoms with Gasteiger partial charge in [0.25, 0.3) is 0 Å². The largest absolute Gasteiger partial charge is 0.386 e. The first-order valence-electron chi connectivity index (χ1n) is 5.71. The van der Waals surface area contributed by atoms with Crippen molar-refractivity contribution < 1.29 is 17.9 Å². The molecule has 3 nitrogen and oxygen atoms in total. The van der Waals surface area contributed by atoms with Crippen LogP contribution in [0.1, 0.15) is 44.7 Å². The topological polar surface area (TPSA) is 54.4 Å². The van der Waals surface area contributed by atoms with Gasteiger partial charge in [0, 0.05) is 11.8 Å². The molecule has 0 amide bonds. The summed E-state index contributed by atoms with van der Waals surface area (Å²) in [6.07, 6.45) is 1.02. The molecule has 0 spiro atoms. The molecule has 0 radical (unpaired) electrons. The lowest BCUT2D eigenvalue weighted by molar-refractivity contribution is 0.0712. The van der Waals surface area contributed by atoms with Crippen LogP contribution in [0.15, 0.2) is 17.0 Å². The van der Waals surface area contributed by atoms with Crippen molar-refractivity contribution >= 4 is 9.84 Å². The Balaban J connectivity index is 3.73. The first kappa shape index (κ1) is 15.1. The number of sulfone groups is 1. The van der Waals surface area contributed by atoms with Crippen LogP contribution in [-0.4, -0.2) is 19.8 Å². The van der Waals surface area contributed by atoms with E-state index in [0.29, 0.717) is 5.56 Å². The molecule has 0 saturated carbocycles. The molecule has 1 rings (SSSR count). The molecule has 102 valence electrons. The van der Waals surface area contributed by atoms with Gasteiger partial charge in [-0.15, -0.1) is 0 Å². The summed E-state index contributed by atoms with van der Waals surface area (Å²) >= 11 is 0. The quantitative estimate of drug-likeness (QED) is 0.921. The Morgan fingerprint density at radius 3 is 2.11 bits per heavy atom. The summed E-state index contributed by atoms with van der Waals surface area (Å²) in [5, 5.41) is 9.94. The molecule has 0 aliphatic heterocycles. The smallest absolute Gasteiger partial charge is 0.176 e. The standard InChI is InChI=1S/C13H19FO3S/c1-8(2)9-6-10(14)12(13(3,4)15)11(7-9)18(5,16)17/h6-8,15H,1-5H3. The van der Waals surface area contributed by atoms with Crippen molar-refractivity contribution in [2.45, 2.75) is 44.1 Å². The van der Waals surface area contributed by atoms with Crippen LogP contribution in [0.2, 0.25) is 0 Å². The predicted octanol–water partition coefficient (Wildman–Crippen LogP) is 2.58. The molecule has 0 aliphatic carbocycles. The fourth-order valence-corrected chi connectivity index (χ4v) is 2.89. The molecular formula is C13H19FO3S. The van der Waals surface area contributed by atoms with E-state index in [1.54, 1.807) is 0 Å². The molecule has 18 heavy (non-hydrogen) atoms. The second-order valence-corrected chi connectivity index (χ2v) is 7.35. The minimum atomic E-state index is -3.60. The Bertz CT molecular complexity index is 554. The van der Waals surface area contributed by atoms with Gasteiger partial charge < -0.3 is 5.11 Å². The van der Waals surface area contributed by atoms with E-state index < -0.39 is 21.3 Å². The Labute approximate surface area is 108 Å². The van der Waals surface area contributed by atoms with Gasteiger partial charge in [0.1, 0.15) is 5.82 Å². The second-order valence-electron chi connectivity index (χ2n) is 5.36. The van der Waals surface area contributed by atoms with Crippen molar-refractivity contribution in [3.05, 3.63) is 29.1 Å². The molecule has 0 aliphatic rings.